The van der Waals surface area contributed by atoms with Gasteiger partial charge in [0.1, 0.15) is 0 Å². The highest BCUT2D eigenvalue weighted by Crippen LogP contribution is 2.22. The average Bonchev–Trinajstić information content (AvgIpc) is 2.54. The number of nitrogens with zero attached hydrogens (tertiary/aromatic N) is 3. The highest BCUT2D eigenvalue weighted by atomic mass is 16.3. The number of likely N-dealkylation sites (tertiary alicyclic amines) is 1. The van der Waals surface area contributed by atoms with E-state index >= 15 is 0 Å². The van der Waals surface area contributed by atoms with Crippen LogP contribution in [0.1, 0.15) is 43.1 Å². The molecule has 1 N–H and O–H groups in total. The first-order chi connectivity index (χ1) is 9.30. The van der Waals surface area contributed by atoms with E-state index in [1.54, 1.807) is 0 Å². The zero-order chi connectivity index (χ0) is 14.9. The molecular weight excluding hydrogens is 254 g/mol. The number of carbonyl (C=O) groups is 1. The van der Waals surface area contributed by atoms with E-state index in [-0.39, 0.29) is 5.91 Å². The quantitative estimate of drug-likeness (QED) is 0.889. The number of hydrogen-bond acceptors (Lipinski definition) is 3. The Morgan fingerprint density at radius 2 is 2.05 bits per heavy atom. The Morgan fingerprint density at radius 1 is 1.35 bits per heavy atom. The fraction of sp³-hybridized carbons (Fsp3) is 0.733. The summed E-state index contributed by atoms with van der Waals surface area (Å²) in [5.74, 6) is 0.141. The van der Waals surface area contributed by atoms with Crippen molar-refractivity contribution in [1.29, 1.82) is 0 Å². The number of hydrogen-bond donors (Lipinski definition) is 1. The van der Waals surface area contributed by atoms with Gasteiger partial charge in [0.15, 0.2) is 0 Å². The minimum Gasteiger partial charge on any atom is -0.390 e. The van der Waals surface area contributed by atoms with E-state index in [1.807, 2.05) is 37.4 Å². The second-order valence-electron chi connectivity index (χ2n) is 6.18. The van der Waals surface area contributed by atoms with Crippen LogP contribution in [0.2, 0.25) is 0 Å². The van der Waals surface area contributed by atoms with Gasteiger partial charge in [0, 0.05) is 31.4 Å². The summed E-state index contributed by atoms with van der Waals surface area (Å²) >= 11 is 0. The van der Waals surface area contributed by atoms with Gasteiger partial charge in [0.25, 0.3) is 0 Å². The highest BCUT2D eigenvalue weighted by Gasteiger charge is 2.27. The van der Waals surface area contributed by atoms with Crippen LogP contribution in [0.25, 0.3) is 0 Å². The number of aryl methyl sites for hydroxylation is 2. The molecule has 2 rings (SSSR count). The van der Waals surface area contributed by atoms with Crippen molar-refractivity contribution in [2.75, 3.05) is 13.1 Å². The summed E-state index contributed by atoms with van der Waals surface area (Å²) in [5.41, 5.74) is 2.39. The van der Waals surface area contributed by atoms with Crippen LogP contribution in [0.3, 0.4) is 0 Å². The third-order valence-corrected chi connectivity index (χ3v) is 4.40. The normalized spacial score (nSPS) is 23.8. The molecule has 0 aliphatic carbocycles. The summed E-state index contributed by atoms with van der Waals surface area (Å²) in [6.07, 6.45) is 2.70. The fourth-order valence-corrected chi connectivity index (χ4v) is 2.85. The molecule has 1 unspecified atom stereocenters. The predicted molar refractivity (Wildman–Crippen MR) is 77.4 cm³/mol. The van der Waals surface area contributed by atoms with Gasteiger partial charge >= 0.3 is 0 Å². The molecule has 0 radical (unpaired) electrons. The maximum Gasteiger partial charge on any atom is 0.227 e. The van der Waals surface area contributed by atoms with Crippen molar-refractivity contribution >= 4 is 5.91 Å². The lowest BCUT2D eigenvalue weighted by molar-refractivity contribution is -0.130. The van der Waals surface area contributed by atoms with Crippen LogP contribution < -0.4 is 0 Å². The van der Waals surface area contributed by atoms with Crippen LogP contribution in [-0.4, -0.2) is 44.4 Å². The summed E-state index contributed by atoms with van der Waals surface area (Å²) in [7, 11) is 1.90. The lowest BCUT2D eigenvalue weighted by Gasteiger charge is -2.22. The minimum absolute atomic E-state index is 0.141. The Hall–Kier alpha value is -1.36. The molecular formula is C15H25N3O2. The lowest BCUT2D eigenvalue weighted by Crippen LogP contribution is -2.34. The topological polar surface area (TPSA) is 58.4 Å². The third-order valence-electron chi connectivity index (χ3n) is 4.40. The van der Waals surface area contributed by atoms with E-state index in [0.717, 1.165) is 36.3 Å². The first kappa shape index (κ1) is 15.0. The van der Waals surface area contributed by atoms with Crippen LogP contribution in [0, 0.1) is 13.8 Å². The van der Waals surface area contributed by atoms with Gasteiger partial charge in [-0.3, -0.25) is 9.48 Å². The van der Waals surface area contributed by atoms with Gasteiger partial charge < -0.3 is 10.0 Å². The molecule has 1 aliphatic rings. The van der Waals surface area contributed by atoms with Crippen molar-refractivity contribution in [1.82, 2.24) is 14.7 Å². The molecule has 1 aromatic rings. The van der Waals surface area contributed by atoms with Crippen LogP contribution in [-0.2, 0) is 18.3 Å². The maximum atomic E-state index is 12.5. The number of aromatic nitrogens is 2. The summed E-state index contributed by atoms with van der Waals surface area (Å²) in [6, 6.07) is 0. The molecule has 2 heterocycles. The van der Waals surface area contributed by atoms with E-state index < -0.39 is 5.60 Å². The number of rotatable bonds is 2. The van der Waals surface area contributed by atoms with Crippen LogP contribution in [0.5, 0.6) is 0 Å². The Bertz CT molecular complexity index is 505. The fourth-order valence-electron chi connectivity index (χ4n) is 2.85. The van der Waals surface area contributed by atoms with Crippen LogP contribution >= 0.6 is 0 Å². The smallest absolute Gasteiger partial charge is 0.227 e. The molecule has 1 aliphatic heterocycles. The summed E-state index contributed by atoms with van der Waals surface area (Å²) in [6.45, 7) is 7.19. The van der Waals surface area contributed by atoms with E-state index in [0.29, 0.717) is 19.4 Å². The summed E-state index contributed by atoms with van der Waals surface area (Å²) in [4.78, 5) is 14.3. The zero-order valence-electron chi connectivity index (χ0n) is 12.9. The largest absolute Gasteiger partial charge is 0.390 e. The van der Waals surface area contributed by atoms with Crippen molar-refractivity contribution in [3.05, 3.63) is 17.0 Å². The molecule has 0 bridgehead atoms. The Morgan fingerprint density at radius 3 is 2.65 bits per heavy atom. The first-order valence-corrected chi connectivity index (χ1v) is 7.29. The van der Waals surface area contributed by atoms with Crippen molar-refractivity contribution < 1.29 is 9.90 Å². The van der Waals surface area contributed by atoms with E-state index in [1.165, 1.54) is 0 Å². The van der Waals surface area contributed by atoms with Gasteiger partial charge in [0.05, 0.1) is 17.7 Å². The Balaban J connectivity index is 2.05. The summed E-state index contributed by atoms with van der Waals surface area (Å²) < 4.78 is 1.82. The van der Waals surface area contributed by atoms with Gasteiger partial charge in [-0.05, 0) is 40.0 Å². The predicted octanol–water partition coefficient (Wildman–Crippen LogP) is 1.34. The highest BCUT2D eigenvalue weighted by molar-refractivity contribution is 5.79. The summed E-state index contributed by atoms with van der Waals surface area (Å²) in [5, 5.41) is 14.4. The van der Waals surface area contributed by atoms with E-state index in [4.69, 9.17) is 0 Å². The van der Waals surface area contributed by atoms with E-state index in [9.17, 15) is 9.90 Å². The molecule has 0 saturated carbocycles. The molecule has 20 heavy (non-hydrogen) atoms. The second-order valence-corrected chi connectivity index (χ2v) is 6.18. The third kappa shape index (κ3) is 3.20. The number of aliphatic hydroxyl groups is 1. The molecule has 5 heteroatoms. The Kier molecular flexibility index (Phi) is 4.18. The molecule has 1 saturated heterocycles. The molecule has 5 nitrogen and oxygen atoms in total. The van der Waals surface area contributed by atoms with Crippen molar-refractivity contribution in [3.8, 4) is 0 Å². The van der Waals surface area contributed by atoms with Crippen LogP contribution in [0.4, 0.5) is 0 Å². The molecule has 1 fully saturated rings. The van der Waals surface area contributed by atoms with Gasteiger partial charge in [-0.15, -0.1) is 0 Å². The number of carbonyl (C=O) groups excluding carboxylic acids is 1. The van der Waals surface area contributed by atoms with Gasteiger partial charge in [0.2, 0.25) is 5.91 Å². The molecule has 1 amide bonds. The van der Waals surface area contributed by atoms with Gasteiger partial charge in [-0.2, -0.15) is 5.10 Å². The molecule has 1 aromatic heterocycles. The second kappa shape index (κ2) is 5.56. The molecule has 0 aromatic carbocycles. The standard InChI is InChI=1S/C15H25N3O2/c1-11-13(12(2)17(4)16-11)10-14(19)18-8-5-6-15(3,20)7-9-18/h20H,5-10H2,1-4H3. The Labute approximate surface area is 120 Å². The zero-order valence-corrected chi connectivity index (χ0v) is 12.9. The van der Waals surface area contributed by atoms with Crippen molar-refractivity contribution in [3.63, 3.8) is 0 Å². The maximum absolute atomic E-state index is 12.5. The average molecular weight is 279 g/mol. The monoisotopic (exact) mass is 279 g/mol. The minimum atomic E-state index is -0.630. The molecule has 1 atom stereocenters. The lowest BCUT2D eigenvalue weighted by atomic mass is 9.98. The number of amides is 1. The SMILES string of the molecule is Cc1nn(C)c(C)c1CC(=O)N1CCCC(C)(O)CC1. The first-order valence-electron chi connectivity index (χ1n) is 7.29. The van der Waals surface area contributed by atoms with Crippen molar-refractivity contribution in [2.24, 2.45) is 7.05 Å². The van der Waals surface area contributed by atoms with Crippen LogP contribution in [0.15, 0.2) is 0 Å². The van der Waals surface area contributed by atoms with Gasteiger partial charge in [-0.25, -0.2) is 0 Å². The molecule has 0 spiro atoms. The van der Waals surface area contributed by atoms with Gasteiger partial charge in [-0.1, -0.05) is 0 Å². The van der Waals surface area contributed by atoms with Crippen molar-refractivity contribution in [2.45, 2.75) is 52.1 Å². The molecule has 112 valence electrons. The van der Waals surface area contributed by atoms with E-state index in [2.05, 4.69) is 5.10 Å².